The van der Waals surface area contributed by atoms with Crippen LogP contribution in [0.4, 0.5) is 18.9 Å². The standard InChI is InChI=1S/C54H36F3N5OS/c55-54(56,57)39-19-11-10-18-38(39)53-62(48(63)32-64-53)37-22-20-36(21-23-37)52-46-30-28-44(60-46)50(34-14-6-2-7-15-34)42-26-24-40(58-42)49(33-12-4-1-5-13-33)41-25-27-43(59-41)51(35-16-8-3-9-17-35)45-29-31-47(52)61-45/h1-31,53,58,61H,32H2. The van der Waals surface area contributed by atoms with Gasteiger partial charge in [0.1, 0.15) is 5.37 Å². The van der Waals surface area contributed by atoms with Crippen LogP contribution < -0.4 is 4.90 Å². The quantitative estimate of drug-likeness (QED) is 0.175. The third-order valence-corrected chi connectivity index (χ3v) is 13.0. The van der Waals surface area contributed by atoms with Gasteiger partial charge in [0.25, 0.3) is 0 Å². The number of thioether (sulfide) groups is 1. The Hall–Kier alpha value is -7.69. The van der Waals surface area contributed by atoms with E-state index in [0.717, 1.165) is 89.7 Å². The number of alkyl halides is 3. The minimum Gasteiger partial charge on any atom is -0.354 e. The van der Waals surface area contributed by atoms with E-state index in [-0.39, 0.29) is 17.2 Å². The molecule has 5 aromatic carbocycles. The van der Waals surface area contributed by atoms with Gasteiger partial charge in [0.05, 0.1) is 34.1 Å². The van der Waals surface area contributed by atoms with Gasteiger partial charge in [0.15, 0.2) is 0 Å². The first-order valence-electron chi connectivity index (χ1n) is 20.8. The lowest BCUT2D eigenvalue weighted by molar-refractivity contribution is -0.138. The van der Waals surface area contributed by atoms with Gasteiger partial charge in [-0.05, 0) is 94.6 Å². The van der Waals surface area contributed by atoms with E-state index in [1.165, 1.54) is 28.8 Å². The van der Waals surface area contributed by atoms with Crippen LogP contribution in [0.15, 0.2) is 164 Å². The molecule has 10 heteroatoms. The van der Waals surface area contributed by atoms with Crippen molar-refractivity contribution < 1.29 is 18.0 Å². The average molecular weight is 860 g/mol. The van der Waals surface area contributed by atoms with Crippen LogP contribution >= 0.6 is 11.8 Å². The normalized spacial score (nSPS) is 14.7. The van der Waals surface area contributed by atoms with Crippen LogP contribution in [0.1, 0.15) is 39.3 Å². The second-order valence-electron chi connectivity index (χ2n) is 15.7. The molecule has 0 spiro atoms. The fraction of sp³-hybridized carbons (Fsp3) is 0.0556. The number of aromatic amines is 2. The van der Waals surface area contributed by atoms with Crippen LogP contribution in [-0.4, -0.2) is 31.6 Å². The van der Waals surface area contributed by atoms with Gasteiger partial charge >= 0.3 is 6.18 Å². The summed E-state index contributed by atoms with van der Waals surface area (Å²) in [5, 5.41) is -0.837. The second kappa shape index (κ2) is 15.9. The number of rotatable bonds is 6. The first kappa shape index (κ1) is 39.2. The van der Waals surface area contributed by atoms with Crippen molar-refractivity contribution in [2.24, 2.45) is 0 Å². The number of nitrogens with zero attached hydrogens (tertiary/aromatic N) is 3. The Labute approximate surface area is 370 Å². The highest BCUT2D eigenvalue weighted by Gasteiger charge is 2.41. The van der Waals surface area contributed by atoms with Crippen LogP contribution in [0.3, 0.4) is 0 Å². The summed E-state index contributed by atoms with van der Waals surface area (Å²) in [6, 6.07) is 51.9. The summed E-state index contributed by atoms with van der Waals surface area (Å²) in [5.74, 6) is -0.193. The van der Waals surface area contributed by atoms with Crippen molar-refractivity contribution in [3.63, 3.8) is 0 Å². The van der Waals surface area contributed by atoms with E-state index in [9.17, 15) is 18.0 Å². The van der Waals surface area contributed by atoms with Gasteiger partial charge in [-0.3, -0.25) is 9.69 Å². The molecular weight excluding hydrogens is 824 g/mol. The number of carbonyl (C=O) groups excluding carboxylic acids is 1. The van der Waals surface area contributed by atoms with Gasteiger partial charge < -0.3 is 9.97 Å². The van der Waals surface area contributed by atoms with Crippen molar-refractivity contribution in [3.05, 3.63) is 198 Å². The summed E-state index contributed by atoms with van der Waals surface area (Å²) >= 11 is 1.19. The number of anilines is 1. The van der Waals surface area contributed by atoms with Crippen molar-refractivity contribution in [2.75, 3.05) is 10.7 Å². The summed E-state index contributed by atoms with van der Waals surface area (Å²) < 4.78 is 42.6. The molecule has 0 saturated carbocycles. The molecule has 1 unspecified atom stereocenters. The van der Waals surface area contributed by atoms with Crippen molar-refractivity contribution in [2.45, 2.75) is 11.6 Å². The Bertz CT molecular complexity index is 3300. The number of H-pyrrole nitrogens is 2. The fourth-order valence-electron chi connectivity index (χ4n) is 8.93. The third-order valence-electron chi connectivity index (χ3n) is 11.8. The lowest BCUT2D eigenvalue weighted by atomic mass is 10.0. The average Bonchev–Trinajstić information content (AvgIpc) is 4.19. The maximum atomic E-state index is 14.2. The number of hydrogen-bond donors (Lipinski definition) is 2. The highest BCUT2D eigenvalue weighted by molar-refractivity contribution is 8.00. The monoisotopic (exact) mass is 859 g/mol. The number of amides is 1. The van der Waals surface area contributed by atoms with Crippen molar-refractivity contribution >= 4 is 69.7 Å². The number of aromatic nitrogens is 4. The first-order valence-corrected chi connectivity index (χ1v) is 21.9. The zero-order valence-electron chi connectivity index (χ0n) is 34.0. The minimum atomic E-state index is -4.57. The smallest absolute Gasteiger partial charge is 0.354 e. The van der Waals surface area contributed by atoms with Crippen molar-refractivity contribution in [1.82, 2.24) is 19.9 Å². The van der Waals surface area contributed by atoms with Crippen LogP contribution in [0.25, 0.3) is 90.9 Å². The van der Waals surface area contributed by atoms with Gasteiger partial charge in [-0.25, -0.2) is 9.97 Å². The van der Waals surface area contributed by atoms with Gasteiger partial charge in [-0.2, -0.15) is 13.2 Å². The number of halogens is 3. The molecule has 8 aromatic rings. The Morgan fingerprint density at radius 1 is 0.484 bits per heavy atom. The summed E-state index contributed by atoms with van der Waals surface area (Å²) in [7, 11) is 0. The SMILES string of the molecule is O=C1CSC(c2ccccc2C(F)(F)F)N1c1ccc(-c2c3nc(c(-c4ccccc4)c4ccc([nH]4)c(-c4ccccc4)c4nc(c(-c5ccccc5)c5ccc2[nH]5)C=C4)C=C3)cc1. The second-order valence-corrected chi connectivity index (χ2v) is 16.7. The zero-order chi connectivity index (χ0) is 43.4. The Kier molecular flexibility index (Phi) is 9.73. The maximum Gasteiger partial charge on any atom is 0.416 e. The molecule has 3 aliphatic rings. The highest BCUT2D eigenvalue weighted by atomic mass is 32.2. The number of benzene rings is 5. The van der Waals surface area contributed by atoms with E-state index in [2.05, 4.69) is 76.7 Å². The lowest BCUT2D eigenvalue weighted by Crippen LogP contribution is -2.29. The molecule has 2 N–H and O–H groups in total. The molecule has 1 saturated heterocycles. The van der Waals surface area contributed by atoms with Gasteiger partial charge in [-0.15, -0.1) is 11.8 Å². The molecule has 0 aliphatic carbocycles. The molecule has 3 aromatic heterocycles. The number of fused-ring (bicyclic) bond motifs is 8. The topological polar surface area (TPSA) is 77.7 Å². The summed E-state index contributed by atoms with van der Waals surface area (Å²) in [4.78, 5) is 33.2. The molecule has 8 bridgehead atoms. The van der Waals surface area contributed by atoms with Gasteiger partial charge in [-0.1, -0.05) is 121 Å². The van der Waals surface area contributed by atoms with E-state index in [0.29, 0.717) is 11.4 Å². The third kappa shape index (κ3) is 7.02. The number of carbonyl (C=O) groups is 1. The maximum absolute atomic E-state index is 14.2. The largest absolute Gasteiger partial charge is 0.416 e. The molecule has 1 fully saturated rings. The molecule has 0 radical (unpaired) electrons. The van der Waals surface area contributed by atoms with E-state index in [1.807, 2.05) is 97.1 Å². The van der Waals surface area contributed by atoms with Gasteiger partial charge in [0, 0.05) is 50.0 Å². The number of hydrogen-bond acceptors (Lipinski definition) is 4. The predicted octanol–water partition coefficient (Wildman–Crippen LogP) is 14.1. The van der Waals surface area contributed by atoms with Gasteiger partial charge in [0.2, 0.25) is 5.91 Å². The van der Waals surface area contributed by atoms with Crippen LogP contribution in [0.5, 0.6) is 0 Å². The molecule has 3 aliphatic heterocycles. The Balaban J connectivity index is 1.17. The van der Waals surface area contributed by atoms with Crippen molar-refractivity contribution in [1.29, 1.82) is 0 Å². The molecule has 11 rings (SSSR count). The zero-order valence-corrected chi connectivity index (χ0v) is 34.8. The molecular formula is C54H36F3N5OS. The highest BCUT2D eigenvalue weighted by Crippen LogP contribution is 2.47. The summed E-state index contributed by atoms with van der Waals surface area (Å²) in [6.07, 6.45) is 3.62. The van der Waals surface area contributed by atoms with E-state index >= 15 is 0 Å². The van der Waals surface area contributed by atoms with E-state index < -0.39 is 17.1 Å². The molecule has 310 valence electrons. The molecule has 1 amide bonds. The lowest BCUT2D eigenvalue weighted by Gasteiger charge is -2.26. The van der Waals surface area contributed by atoms with Crippen LogP contribution in [0.2, 0.25) is 0 Å². The summed E-state index contributed by atoms with van der Waals surface area (Å²) in [5.41, 5.74) is 13.8. The Morgan fingerprint density at radius 3 is 1.27 bits per heavy atom. The molecule has 64 heavy (non-hydrogen) atoms. The van der Waals surface area contributed by atoms with E-state index in [4.69, 9.17) is 9.97 Å². The minimum absolute atomic E-state index is 0.0556. The first-order chi connectivity index (χ1) is 31.3. The van der Waals surface area contributed by atoms with Crippen molar-refractivity contribution in [3.8, 4) is 44.5 Å². The molecule has 6 nitrogen and oxygen atoms in total. The van der Waals surface area contributed by atoms with Crippen LogP contribution in [0, 0.1) is 0 Å². The number of nitrogens with one attached hydrogen (secondary N) is 2. The van der Waals surface area contributed by atoms with E-state index in [1.54, 1.807) is 6.07 Å². The molecule has 1 atom stereocenters. The summed E-state index contributed by atoms with van der Waals surface area (Å²) in [6.45, 7) is 0. The Morgan fingerprint density at radius 2 is 0.859 bits per heavy atom. The van der Waals surface area contributed by atoms with Crippen LogP contribution in [-0.2, 0) is 11.0 Å². The molecule has 6 heterocycles. The predicted molar refractivity (Wildman–Crippen MR) is 255 cm³/mol. The fourth-order valence-corrected chi connectivity index (χ4v) is 10.1.